The molecular formula is C28H44N2O5. The molecule has 2 aliphatic rings. The molecule has 3 rings (SSSR count). The zero-order chi connectivity index (χ0) is 25.8. The van der Waals surface area contributed by atoms with Crippen LogP contribution in [0.1, 0.15) is 77.7 Å². The highest BCUT2D eigenvalue weighted by molar-refractivity contribution is 5.73. The number of carboxylic acid groups (broad SMARTS) is 1. The molecule has 196 valence electrons. The van der Waals surface area contributed by atoms with Crippen LogP contribution in [-0.2, 0) is 9.59 Å². The first-order valence-electron chi connectivity index (χ1n) is 13.0. The van der Waals surface area contributed by atoms with Crippen molar-refractivity contribution < 1.29 is 24.2 Å². The summed E-state index contributed by atoms with van der Waals surface area (Å²) in [6, 6.07) is 5.85. The van der Waals surface area contributed by atoms with E-state index in [4.69, 9.17) is 9.47 Å². The van der Waals surface area contributed by atoms with Crippen LogP contribution in [0.2, 0.25) is 0 Å². The van der Waals surface area contributed by atoms with Crippen LogP contribution in [0.5, 0.6) is 11.5 Å². The summed E-state index contributed by atoms with van der Waals surface area (Å²) in [5, 5.41) is 9.85. The first-order chi connectivity index (χ1) is 16.9. The molecule has 1 saturated heterocycles. The molecule has 7 heteroatoms. The average molecular weight is 489 g/mol. The lowest BCUT2D eigenvalue weighted by molar-refractivity contribution is -0.143. The molecule has 0 bridgehead atoms. The Balaban J connectivity index is 0.000000334. The molecule has 2 heterocycles. The van der Waals surface area contributed by atoms with Crippen molar-refractivity contribution in [3.05, 3.63) is 35.4 Å². The second-order valence-electron chi connectivity index (χ2n) is 9.61. The Hall–Kier alpha value is -2.54. The molecule has 3 unspecified atom stereocenters. The highest BCUT2D eigenvalue weighted by atomic mass is 16.7. The number of fused-ring (bicyclic) bond motifs is 1. The van der Waals surface area contributed by atoms with Gasteiger partial charge in [-0.25, -0.2) is 0 Å². The molecule has 0 saturated carbocycles. The van der Waals surface area contributed by atoms with Crippen LogP contribution >= 0.6 is 0 Å². The van der Waals surface area contributed by atoms with Gasteiger partial charge in [-0.3, -0.25) is 9.59 Å². The van der Waals surface area contributed by atoms with E-state index >= 15 is 0 Å². The number of benzene rings is 1. The van der Waals surface area contributed by atoms with Gasteiger partial charge in [-0.15, -0.1) is 0 Å². The average Bonchev–Trinajstić information content (AvgIpc) is 3.46. The second-order valence-corrected chi connectivity index (χ2v) is 9.61. The summed E-state index contributed by atoms with van der Waals surface area (Å²) in [5.41, 5.74) is 2.32. The number of likely N-dealkylation sites (tertiary alicyclic amines) is 1. The number of likely N-dealkylation sites (N-methyl/N-ethyl adjacent to an activating group) is 1. The van der Waals surface area contributed by atoms with Gasteiger partial charge in [0.25, 0.3) is 0 Å². The van der Waals surface area contributed by atoms with Gasteiger partial charge >= 0.3 is 5.97 Å². The number of unbranched alkanes of at least 4 members (excludes halogenated alkanes) is 2. The van der Waals surface area contributed by atoms with Gasteiger partial charge in [-0.1, -0.05) is 44.4 Å². The molecule has 35 heavy (non-hydrogen) atoms. The maximum Gasteiger partial charge on any atom is 0.308 e. The normalized spacial score (nSPS) is 21.4. The molecule has 1 fully saturated rings. The maximum absolute atomic E-state index is 12.0. The molecule has 0 aliphatic carbocycles. The number of aliphatic carboxylic acids is 1. The van der Waals surface area contributed by atoms with Gasteiger partial charge in [0.1, 0.15) is 0 Å². The topological polar surface area (TPSA) is 79.3 Å². The predicted octanol–water partition coefficient (Wildman–Crippen LogP) is 5.31. The van der Waals surface area contributed by atoms with Gasteiger partial charge in [0.05, 0.1) is 5.92 Å². The quantitative estimate of drug-likeness (QED) is 0.317. The van der Waals surface area contributed by atoms with E-state index in [2.05, 4.69) is 31.7 Å². The van der Waals surface area contributed by atoms with Gasteiger partial charge in [0, 0.05) is 31.6 Å². The van der Waals surface area contributed by atoms with Gasteiger partial charge in [-0.2, -0.15) is 0 Å². The van der Waals surface area contributed by atoms with Crippen LogP contribution in [0.25, 0.3) is 0 Å². The fraction of sp³-hybridized carbons (Fsp3) is 0.643. The zero-order valence-electron chi connectivity index (χ0n) is 22.2. The highest BCUT2D eigenvalue weighted by Gasteiger charge is 2.45. The van der Waals surface area contributed by atoms with E-state index in [9.17, 15) is 14.7 Å². The van der Waals surface area contributed by atoms with E-state index < -0.39 is 11.9 Å². The highest BCUT2D eigenvalue weighted by Crippen LogP contribution is 2.42. The monoisotopic (exact) mass is 488 g/mol. The van der Waals surface area contributed by atoms with Crippen molar-refractivity contribution in [1.29, 1.82) is 0 Å². The van der Waals surface area contributed by atoms with Crippen LogP contribution in [0.3, 0.4) is 0 Å². The number of hydrogen-bond acceptors (Lipinski definition) is 5. The number of nitrogens with zero attached hydrogens (tertiary/aromatic N) is 2. The first-order valence-corrected chi connectivity index (χ1v) is 13.0. The number of hydrogen-bond donors (Lipinski definition) is 1. The number of rotatable bonds is 12. The van der Waals surface area contributed by atoms with E-state index in [1.165, 1.54) is 5.57 Å². The Morgan fingerprint density at radius 1 is 1.17 bits per heavy atom. The zero-order valence-corrected chi connectivity index (χ0v) is 22.2. The Morgan fingerprint density at radius 2 is 1.83 bits per heavy atom. The number of allylic oxidation sites excluding steroid dienone is 2. The van der Waals surface area contributed by atoms with Crippen LogP contribution in [0, 0.1) is 5.92 Å². The number of amides is 1. The number of carbonyl (C=O) groups excluding carboxylic acids is 1. The Kier molecular flexibility index (Phi) is 12.1. The molecule has 0 radical (unpaired) electrons. The van der Waals surface area contributed by atoms with Crippen molar-refractivity contribution in [2.75, 3.05) is 33.5 Å². The smallest absolute Gasteiger partial charge is 0.308 e. The van der Waals surface area contributed by atoms with Crippen LogP contribution in [0.4, 0.5) is 0 Å². The molecule has 1 N–H and O–H groups in total. The summed E-state index contributed by atoms with van der Waals surface area (Å²) in [5.74, 6) is 0.299. The first kappa shape index (κ1) is 28.7. The fourth-order valence-electron chi connectivity index (χ4n) is 4.75. The number of carboxylic acids is 1. The predicted molar refractivity (Wildman–Crippen MR) is 139 cm³/mol. The molecular weight excluding hydrogens is 444 g/mol. The largest absolute Gasteiger partial charge is 0.481 e. The third-order valence-electron chi connectivity index (χ3n) is 7.08. The summed E-state index contributed by atoms with van der Waals surface area (Å²) in [4.78, 5) is 26.5. The van der Waals surface area contributed by atoms with E-state index in [0.29, 0.717) is 5.75 Å². The van der Waals surface area contributed by atoms with Gasteiger partial charge < -0.3 is 24.4 Å². The number of carbonyl (C=O) groups is 2. The van der Waals surface area contributed by atoms with Crippen molar-refractivity contribution in [2.24, 2.45) is 5.92 Å². The third-order valence-corrected chi connectivity index (χ3v) is 7.08. The lowest BCUT2D eigenvalue weighted by Gasteiger charge is -2.23. The van der Waals surface area contributed by atoms with Crippen LogP contribution in [0.15, 0.2) is 29.8 Å². The molecule has 7 nitrogen and oxygen atoms in total. The van der Waals surface area contributed by atoms with Crippen molar-refractivity contribution in [3.63, 3.8) is 0 Å². The molecule has 1 aromatic rings. The second kappa shape index (κ2) is 14.8. The molecule has 3 atom stereocenters. The van der Waals surface area contributed by atoms with Crippen LogP contribution < -0.4 is 9.47 Å². The maximum atomic E-state index is 12.0. The van der Waals surface area contributed by atoms with Crippen molar-refractivity contribution in [1.82, 2.24) is 9.80 Å². The standard InChI is InChI=1S/C19H25NO4.C9H19NO/c1-4-12(2)5-7-15-18(19(21)22)14(10-20(15)3)13-6-8-16-17(9-13)24-11-23-16;1-3-5-7-10(9-11)8-6-4-2/h4,6,8-9,14-15,18H,5,7,10-11H2,1-3H3,(H,21,22);9H,3-8H2,1-2H3. The summed E-state index contributed by atoms with van der Waals surface area (Å²) in [7, 11) is 2.03. The molecule has 1 amide bonds. The minimum atomic E-state index is -0.717. The van der Waals surface area contributed by atoms with E-state index in [0.717, 1.165) is 75.9 Å². The van der Waals surface area contributed by atoms with Crippen molar-refractivity contribution >= 4 is 12.4 Å². The van der Waals surface area contributed by atoms with E-state index in [1.807, 2.05) is 37.1 Å². The lowest BCUT2D eigenvalue weighted by atomic mass is 9.83. The third kappa shape index (κ3) is 8.27. The van der Waals surface area contributed by atoms with E-state index in [-0.39, 0.29) is 18.8 Å². The van der Waals surface area contributed by atoms with Crippen molar-refractivity contribution in [2.45, 2.75) is 78.2 Å². The summed E-state index contributed by atoms with van der Waals surface area (Å²) in [6.45, 7) is 11.2. The summed E-state index contributed by atoms with van der Waals surface area (Å²) in [6.07, 6.45) is 9.44. The minimum absolute atomic E-state index is 0.0297. The lowest BCUT2D eigenvalue weighted by Crippen LogP contribution is -2.33. The van der Waals surface area contributed by atoms with Gasteiger partial charge in [-0.05, 0) is 64.3 Å². The Labute approximate surface area is 211 Å². The SMILES string of the molecule is CC=C(C)CCC1C(C(=O)O)C(c2ccc3c(c2)OCO3)CN1C.CCCCN(C=O)CCCC. The Bertz CT molecular complexity index is 833. The van der Waals surface area contributed by atoms with Crippen molar-refractivity contribution in [3.8, 4) is 11.5 Å². The summed E-state index contributed by atoms with van der Waals surface area (Å²) >= 11 is 0. The van der Waals surface area contributed by atoms with Gasteiger partial charge in [0.2, 0.25) is 13.2 Å². The molecule has 0 aromatic heterocycles. The Morgan fingerprint density at radius 3 is 2.40 bits per heavy atom. The minimum Gasteiger partial charge on any atom is -0.481 e. The number of ether oxygens (including phenoxy) is 2. The molecule has 0 spiro atoms. The molecule has 2 aliphatic heterocycles. The fourth-order valence-corrected chi connectivity index (χ4v) is 4.75. The van der Waals surface area contributed by atoms with E-state index in [1.54, 1.807) is 0 Å². The van der Waals surface area contributed by atoms with Crippen LogP contribution in [-0.4, -0.2) is 66.8 Å². The molecule has 1 aromatic carbocycles. The van der Waals surface area contributed by atoms with Gasteiger partial charge in [0.15, 0.2) is 11.5 Å². The summed E-state index contributed by atoms with van der Waals surface area (Å²) < 4.78 is 10.8.